The van der Waals surface area contributed by atoms with Crippen molar-refractivity contribution in [2.75, 3.05) is 0 Å². The van der Waals surface area contributed by atoms with E-state index in [1.54, 1.807) is 0 Å². The van der Waals surface area contributed by atoms with Crippen molar-refractivity contribution in [3.05, 3.63) is 0 Å². The van der Waals surface area contributed by atoms with E-state index >= 15 is 0 Å². The van der Waals surface area contributed by atoms with Crippen molar-refractivity contribution in [1.29, 1.82) is 0 Å². The van der Waals surface area contributed by atoms with Crippen molar-refractivity contribution in [2.24, 2.45) is 11.7 Å². The molecule has 2 saturated carbocycles. The average molecular weight is 181 g/mol. The highest BCUT2D eigenvalue weighted by atomic mass is 14.7. The van der Waals surface area contributed by atoms with Crippen LogP contribution < -0.4 is 5.73 Å². The van der Waals surface area contributed by atoms with Crippen LogP contribution in [0.2, 0.25) is 0 Å². The molecule has 0 aromatic carbocycles. The van der Waals surface area contributed by atoms with Gasteiger partial charge in [-0.25, -0.2) is 0 Å². The number of nitrogens with two attached hydrogens (primary N) is 1. The Bertz CT molecular complexity index is 153. The molecule has 2 aliphatic carbocycles. The molecule has 2 fully saturated rings. The zero-order chi connectivity index (χ0) is 9.15. The molecule has 0 aromatic heterocycles. The predicted molar refractivity (Wildman–Crippen MR) is 56.6 cm³/mol. The maximum Gasteiger partial charge on any atom is 0.0157 e. The Morgan fingerprint density at radius 2 is 1.54 bits per heavy atom. The van der Waals surface area contributed by atoms with Crippen molar-refractivity contribution in [1.82, 2.24) is 0 Å². The first-order valence-electron chi connectivity index (χ1n) is 6.07. The number of hydrogen-bond acceptors (Lipinski definition) is 1. The van der Waals surface area contributed by atoms with Gasteiger partial charge in [-0.1, -0.05) is 44.9 Å². The lowest BCUT2D eigenvalue weighted by Crippen LogP contribution is -2.43. The minimum Gasteiger partial charge on any atom is -0.325 e. The summed E-state index contributed by atoms with van der Waals surface area (Å²) in [7, 11) is 0. The van der Waals surface area contributed by atoms with Crippen LogP contribution in [0.3, 0.4) is 0 Å². The van der Waals surface area contributed by atoms with Crippen molar-refractivity contribution < 1.29 is 0 Å². The highest BCUT2D eigenvalue weighted by molar-refractivity contribution is 4.90. The minimum absolute atomic E-state index is 0.243. The summed E-state index contributed by atoms with van der Waals surface area (Å²) in [6.07, 6.45) is 13.9. The highest BCUT2D eigenvalue weighted by Crippen LogP contribution is 2.37. The number of rotatable bonds is 2. The molecule has 0 amide bonds. The second-order valence-corrected chi connectivity index (χ2v) is 5.28. The van der Waals surface area contributed by atoms with E-state index in [1.807, 2.05) is 0 Å². The molecule has 2 aliphatic rings. The Kier molecular flexibility index (Phi) is 2.92. The zero-order valence-corrected chi connectivity index (χ0v) is 8.73. The Labute approximate surface area is 82.1 Å². The van der Waals surface area contributed by atoms with Gasteiger partial charge in [-0.05, 0) is 25.2 Å². The van der Waals surface area contributed by atoms with Crippen LogP contribution >= 0.6 is 0 Å². The lowest BCUT2D eigenvalue weighted by molar-refractivity contribution is 0.238. The molecule has 1 nitrogen and oxygen atoms in total. The molecule has 0 aromatic rings. The van der Waals surface area contributed by atoms with E-state index < -0.39 is 0 Å². The van der Waals surface area contributed by atoms with Crippen molar-refractivity contribution >= 4 is 0 Å². The summed E-state index contributed by atoms with van der Waals surface area (Å²) in [4.78, 5) is 0. The fourth-order valence-corrected chi connectivity index (χ4v) is 3.25. The van der Waals surface area contributed by atoms with Gasteiger partial charge in [0.25, 0.3) is 0 Å². The van der Waals surface area contributed by atoms with Crippen molar-refractivity contribution in [2.45, 2.75) is 69.7 Å². The van der Waals surface area contributed by atoms with E-state index in [0.29, 0.717) is 0 Å². The molecule has 0 unspecified atom stereocenters. The summed E-state index contributed by atoms with van der Waals surface area (Å²) >= 11 is 0. The normalized spacial score (nSPS) is 29.3. The van der Waals surface area contributed by atoms with Crippen molar-refractivity contribution in [3.63, 3.8) is 0 Å². The molecular weight excluding hydrogens is 158 g/mol. The molecular formula is C12H23N. The Hall–Kier alpha value is -0.0400. The standard InChI is InChI=1S/C12H23N/c13-12(8-4-1-5-9-12)10-11-6-2-3-7-11/h11H,1-10,13H2. The minimum atomic E-state index is 0.243. The monoisotopic (exact) mass is 181 g/mol. The molecule has 0 radical (unpaired) electrons. The SMILES string of the molecule is NC1(CC2CCCC2)CCCCC1. The van der Waals surface area contributed by atoms with Gasteiger partial charge in [0.1, 0.15) is 0 Å². The maximum atomic E-state index is 6.44. The summed E-state index contributed by atoms with van der Waals surface area (Å²) in [5.74, 6) is 0.975. The third-order valence-electron chi connectivity index (χ3n) is 4.02. The van der Waals surface area contributed by atoms with E-state index in [4.69, 9.17) is 5.73 Å². The highest BCUT2D eigenvalue weighted by Gasteiger charge is 2.31. The van der Waals surface area contributed by atoms with E-state index in [-0.39, 0.29) is 5.54 Å². The topological polar surface area (TPSA) is 26.0 Å². The molecule has 0 aliphatic heterocycles. The molecule has 2 rings (SSSR count). The Morgan fingerprint density at radius 3 is 2.15 bits per heavy atom. The fraction of sp³-hybridized carbons (Fsp3) is 1.00. The van der Waals surface area contributed by atoms with Crippen LogP contribution in [0.15, 0.2) is 0 Å². The quantitative estimate of drug-likeness (QED) is 0.695. The van der Waals surface area contributed by atoms with E-state index in [1.165, 1.54) is 64.2 Å². The van der Waals surface area contributed by atoms with Gasteiger partial charge >= 0.3 is 0 Å². The summed E-state index contributed by atoms with van der Waals surface area (Å²) in [5, 5.41) is 0. The Balaban J connectivity index is 1.83. The second-order valence-electron chi connectivity index (χ2n) is 5.28. The fourth-order valence-electron chi connectivity index (χ4n) is 3.25. The van der Waals surface area contributed by atoms with Gasteiger partial charge in [-0.15, -0.1) is 0 Å². The zero-order valence-electron chi connectivity index (χ0n) is 8.73. The molecule has 0 spiro atoms. The molecule has 2 N–H and O–H groups in total. The maximum absolute atomic E-state index is 6.44. The van der Waals surface area contributed by atoms with Gasteiger partial charge in [-0.3, -0.25) is 0 Å². The number of hydrogen-bond donors (Lipinski definition) is 1. The van der Waals surface area contributed by atoms with Crippen LogP contribution in [0.5, 0.6) is 0 Å². The van der Waals surface area contributed by atoms with Crippen LogP contribution in [-0.4, -0.2) is 5.54 Å². The van der Waals surface area contributed by atoms with Gasteiger partial charge in [0.05, 0.1) is 0 Å². The van der Waals surface area contributed by atoms with Crippen LogP contribution in [0.25, 0.3) is 0 Å². The van der Waals surface area contributed by atoms with Gasteiger partial charge in [0.2, 0.25) is 0 Å². The average Bonchev–Trinajstić information content (AvgIpc) is 2.57. The second kappa shape index (κ2) is 4.00. The first kappa shape index (κ1) is 9.51. The van der Waals surface area contributed by atoms with Gasteiger partial charge < -0.3 is 5.73 Å². The van der Waals surface area contributed by atoms with Crippen LogP contribution in [-0.2, 0) is 0 Å². The van der Waals surface area contributed by atoms with Crippen LogP contribution in [0.4, 0.5) is 0 Å². The lowest BCUT2D eigenvalue weighted by atomic mass is 9.76. The molecule has 0 bridgehead atoms. The summed E-state index contributed by atoms with van der Waals surface area (Å²) < 4.78 is 0. The molecule has 13 heavy (non-hydrogen) atoms. The molecule has 0 atom stereocenters. The van der Waals surface area contributed by atoms with Crippen molar-refractivity contribution in [3.8, 4) is 0 Å². The van der Waals surface area contributed by atoms with E-state index in [2.05, 4.69) is 0 Å². The van der Waals surface area contributed by atoms with Crippen LogP contribution in [0.1, 0.15) is 64.2 Å². The molecule has 0 saturated heterocycles. The van der Waals surface area contributed by atoms with Gasteiger partial charge in [0.15, 0.2) is 0 Å². The molecule has 1 heteroatoms. The summed E-state index contributed by atoms with van der Waals surface area (Å²) in [6.45, 7) is 0. The summed E-state index contributed by atoms with van der Waals surface area (Å²) in [6, 6.07) is 0. The first-order valence-corrected chi connectivity index (χ1v) is 6.07. The van der Waals surface area contributed by atoms with Crippen LogP contribution in [0, 0.1) is 5.92 Å². The van der Waals surface area contributed by atoms with E-state index in [0.717, 1.165) is 5.92 Å². The molecule has 0 heterocycles. The summed E-state index contributed by atoms with van der Waals surface area (Å²) in [5.41, 5.74) is 6.68. The van der Waals surface area contributed by atoms with E-state index in [9.17, 15) is 0 Å². The lowest BCUT2D eigenvalue weighted by Gasteiger charge is -2.35. The van der Waals surface area contributed by atoms with Gasteiger partial charge in [-0.2, -0.15) is 0 Å². The third-order valence-corrected chi connectivity index (χ3v) is 4.02. The smallest absolute Gasteiger partial charge is 0.0157 e. The third kappa shape index (κ3) is 2.46. The first-order chi connectivity index (χ1) is 6.29. The molecule has 76 valence electrons. The van der Waals surface area contributed by atoms with Gasteiger partial charge in [0, 0.05) is 5.54 Å². The predicted octanol–water partition coefficient (Wildman–Crippen LogP) is 3.23. The Morgan fingerprint density at radius 1 is 0.923 bits per heavy atom. The largest absolute Gasteiger partial charge is 0.325 e.